The summed E-state index contributed by atoms with van der Waals surface area (Å²) in [6.07, 6.45) is 6.92. The number of hydrogen-bond acceptors (Lipinski definition) is 3. The highest BCUT2D eigenvalue weighted by Crippen LogP contribution is 2.19. The van der Waals surface area contributed by atoms with Gasteiger partial charge in [-0.3, -0.25) is 14.6 Å². The summed E-state index contributed by atoms with van der Waals surface area (Å²) in [6, 6.07) is 3.28. The van der Waals surface area contributed by atoms with Crippen molar-refractivity contribution in [3.8, 4) is 0 Å². The number of hydrogen-bond donors (Lipinski definition) is 2. The van der Waals surface area contributed by atoms with Crippen LogP contribution in [-0.4, -0.2) is 22.0 Å². The first-order valence-electron chi connectivity index (χ1n) is 5.78. The van der Waals surface area contributed by atoms with Gasteiger partial charge in [0, 0.05) is 5.92 Å². The van der Waals surface area contributed by atoms with Crippen molar-refractivity contribution in [2.45, 2.75) is 19.3 Å². The average Bonchev–Trinajstić information content (AvgIpc) is 2.84. The van der Waals surface area contributed by atoms with E-state index in [1.54, 1.807) is 12.1 Å². The molecular formula is C13H14N2O3. The smallest absolute Gasteiger partial charge is 0.309 e. The van der Waals surface area contributed by atoms with Crippen molar-refractivity contribution >= 4 is 17.6 Å². The predicted molar refractivity (Wildman–Crippen MR) is 66.1 cm³/mol. The van der Waals surface area contributed by atoms with Crippen molar-refractivity contribution in [1.29, 1.82) is 0 Å². The summed E-state index contributed by atoms with van der Waals surface area (Å²) in [5.41, 5.74) is 1.07. The minimum absolute atomic E-state index is 0.00342. The Hall–Kier alpha value is -2.17. The molecule has 1 aliphatic carbocycles. The lowest BCUT2D eigenvalue weighted by Gasteiger charge is -2.10. The van der Waals surface area contributed by atoms with Crippen LogP contribution in [0.1, 0.15) is 18.5 Å². The van der Waals surface area contributed by atoms with E-state index in [9.17, 15) is 9.59 Å². The Morgan fingerprint density at radius 3 is 2.61 bits per heavy atom. The molecule has 18 heavy (non-hydrogen) atoms. The number of aromatic nitrogens is 1. The van der Waals surface area contributed by atoms with E-state index < -0.39 is 5.97 Å². The minimum Gasteiger partial charge on any atom is -0.481 e. The molecular weight excluding hydrogens is 232 g/mol. The Bertz CT molecular complexity index is 472. The second-order valence-electron chi connectivity index (χ2n) is 4.24. The Morgan fingerprint density at radius 2 is 2.06 bits per heavy atom. The maximum atomic E-state index is 11.8. The molecule has 1 aromatic rings. The fraction of sp³-hybridized carbons (Fsp3) is 0.308. The van der Waals surface area contributed by atoms with E-state index in [4.69, 9.17) is 5.11 Å². The first kappa shape index (κ1) is 12.3. The highest BCUT2D eigenvalue weighted by molar-refractivity contribution is 5.92. The van der Waals surface area contributed by atoms with Gasteiger partial charge in [-0.1, -0.05) is 12.2 Å². The monoisotopic (exact) mass is 246 g/mol. The molecule has 1 aromatic heterocycles. The molecule has 94 valence electrons. The van der Waals surface area contributed by atoms with Crippen LogP contribution in [0.15, 0.2) is 30.5 Å². The number of amides is 1. The number of anilines is 1. The van der Waals surface area contributed by atoms with Crippen LogP contribution in [0.3, 0.4) is 0 Å². The zero-order valence-corrected chi connectivity index (χ0v) is 9.80. The predicted octanol–water partition coefficient (Wildman–Crippen LogP) is 1.61. The molecule has 5 heteroatoms. The summed E-state index contributed by atoms with van der Waals surface area (Å²) >= 11 is 0. The highest BCUT2D eigenvalue weighted by atomic mass is 16.4. The quantitative estimate of drug-likeness (QED) is 0.791. The van der Waals surface area contributed by atoms with E-state index in [0.717, 1.165) is 12.8 Å². The summed E-state index contributed by atoms with van der Waals surface area (Å²) in [5, 5.41) is 11.4. The van der Waals surface area contributed by atoms with Crippen molar-refractivity contribution in [1.82, 2.24) is 4.98 Å². The van der Waals surface area contributed by atoms with E-state index in [1.165, 1.54) is 6.20 Å². The zero-order chi connectivity index (χ0) is 13.0. The lowest BCUT2D eigenvalue weighted by molar-refractivity contribution is -0.136. The second kappa shape index (κ2) is 5.44. The lowest BCUT2D eigenvalue weighted by Crippen LogP contribution is -2.20. The number of carboxylic acids is 1. The minimum atomic E-state index is -0.920. The SMILES string of the molecule is O=C(O)Cc1ccc(NC(=O)C2CC=CC2)cn1. The molecule has 1 amide bonds. The molecule has 0 aliphatic heterocycles. The van der Waals surface area contributed by atoms with Crippen molar-refractivity contribution in [2.75, 3.05) is 5.32 Å². The molecule has 0 saturated heterocycles. The number of carboxylic acid groups (broad SMARTS) is 1. The maximum absolute atomic E-state index is 11.8. The summed E-state index contributed by atoms with van der Waals surface area (Å²) in [5.74, 6) is -0.937. The van der Waals surface area contributed by atoms with Crippen LogP contribution in [0.25, 0.3) is 0 Å². The van der Waals surface area contributed by atoms with Crippen LogP contribution in [0.2, 0.25) is 0 Å². The standard InChI is InChI=1S/C13H14N2O3/c16-12(17)7-10-5-6-11(8-14-10)15-13(18)9-3-1-2-4-9/h1-2,5-6,8-9H,3-4,7H2,(H,15,18)(H,16,17). The van der Waals surface area contributed by atoms with Gasteiger partial charge in [-0.2, -0.15) is 0 Å². The van der Waals surface area contributed by atoms with Crippen LogP contribution in [0.4, 0.5) is 5.69 Å². The Morgan fingerprint density at radius 1 is 1.33 bits per heavy atom. The van der Waals surface area contributed by atoms with Gasteiger partial charge in [0.25, 0.3) is 0 Å². The third-order valence-electron chi connectivity index (χ3n) is 2.80. The molecule has 2 rings (SSSR count). The largest absolute Gasteiger partial charge is 0.481 e. The number of allylic oxidation sites excluding steroid dienone is 2. The van der Waals surface area contributed by atoms with Gasteiger partial charge in [0.1, 0.15) is 0 Å². The Labute approximate surface area is 105 Å². The normalized spacial score (nSPS) is 14.7. The molecule has 0 bridgehead atoms. The van der Waals surface area contributed by atoms with Crippen LogP contribution >= 0.6 is 0 Å². The van der Waals surface area contributed by atoms with Crippen molar-refractivity contribution in [3.05, 3.63) is 36.2 Å². The van der Waals surface area contributed by atoms with Gasteiger partial charge in [-0.15, -0.1) is 0 Å². The molecule has 5 nitrogen and oxygen atoms in total. The third-order valence-corrected chi connectivity index (χ3v) is 2.80. The fourth-order valence-electron chi connectivity index (χ4n) is 1.83. The Balaban J connectivity index is 1.93. The molecule has 0 atom stereocenters. The van der Waals surface area contributed by atoms with E-state index in [-0.39, 0.29) is 18.2 Å². The number of carbonyl (C=O) groups excluding carboxylic acids is 1. The number of nitrogens with one attached hydrogen (secondary N) is 1. The number of rotatable bonds is 4. The maximum Gasteiger partial charge on any atom is 0.309 e. The molecule has 0 fully saturated rings. The molecule has 1 aliphatic rings. The molecule has 0 unspecified atom stereocenters. The van der Waals surface area contributed by atoms with Crippen molar-refractivity contribution in [3.63, 3.8) is 0 Å². The van der Waals surface area contributed by atoms with E-state index in [1.807, 2.05) is 12.2 Å². The summed E-state index contributed by atoms with van der Waals surface area (Å²) in [6.45, 7) is 0. The number of pyridine rings is 1. The van der Waals surface area contributed by atoms with Crippen LogP contribution in [0.5, 0.6) is 0 Å². The van der Waals surface area contributed by atoms with Gasteiger partial charge in [-0.05, 0) is 25.0 Å². The second-order valence-corrected chi connectivity index (χ2v) is 4.24. The summed E-state index contributed by atoms with van der Waals surface area (Å²) in [4.78, 5) is 26.3. The van der Waals surface area contributed by atoms with Gasteiger partial charge in [0.2, 0.25) is 5.91 Å². The van der Waals surface area contributed by atoms with Gasteiger partial charge >= 0.3 is 5.97 Å². The zero-order valence-electron chi connectivity index (χ0n) is 9.80. The molecule has 0 radical (unpaired) electrons. The first-order chi connectivity index (χ1) is 8.65. The fourth-order valence-corrected chi connectivity index (χ4v) is 1.83. The van der Waals surface area contributed by atoms with Gasteiger partial charge in [0.05, 0.1) is 24.0 Å². The van der Waals surface area contributed by atoms with Crippen molar-refractivity contribution in [2.24, 2.45) is 5.92 Å². The van der Waals surface area contributed by atoms with E-state index in [2.05, 4.69) is 10.3 Å². The van der Waals surface area contributed by atoms with Gasteiger partial charge in [0.15, 0.2) is 0 Å². The Kier molecular flexibility index (Phi) is 3.72. The van der Waals surface area contributed by atoms with Crippen molar-refractivity contribution < 1.29 is 14.7 Å². The third kappa shape index (κ3) is 3.16. The highest BCUT2D eigenvalue weighted by Gasteiger charge is 2.19. The molecule has 0 saturated carbocycles. The molecule has 2 N–H and O–H groups in total. The molecule has 0 spiro atoms. The van der Waals surface area contributed by atoms with Crippen LogP contribution < -0.4 is 5.32 Å². The van der Waals surface area contributed by atoms with Crippen LogP contribution in [-0.2, 0) is 16.0 Å². The van der Waals surface area contributed by atoms with Gasteiger partial charge < -0.3 is 10.4 Å². The topological polar surface area (TPSA) is 79.3 Å². The van der Waals surface area contributed by atoms with Gasteiger partial charge in [-0.25, -0.2) is 0 Å². The van der Waals surface area contributed by atoms with Crippen LogP contribution in [0, 0.1) is 5.92 Å². The lowest BCUT2D eigenvalue weighted by atomic mass is 10.1. The molecule has 1 heterocycles. The number of nitrogens with zero attached hydrogens (tertiary/aromatic N) is 1. The van der Waals surface area contributed by atoms with E-state index in [0.29, 0.717) is 11.4 Å². The first-order valence-corrected chi connectivity index (χ1v) is 5.78. The summed E-state index contributed by atoms with van der Waals surface area (Å²) < 4.78 is 0. The van der Waals surface area contributed by atoms with E-state index >= 15 is 0 Å². The molecule has 0 aromatic carbocycles. The average molecular weight is 246 g/mol. The number of carbonyl (C=O) groups is 2. The summed E-state index contributed by atoms with van der Waals surface area (Å²) in [7, 11) is 0. The number of aliphatic carboxylic acids is 1.